The fourth-order valence-electron chi connectivity index (χ4n) is 1.28. The van der Waals surface area contributed by atoms with Gasteiger partial charge < -0.3 is 5.32 Å². The third-order valence-electron chi connectivity index (χ3n) is 2.53. The second-order valence-electron chi connectivity index (χ2n) is 4.92. The molecule has 0 aromatic heterocycles. The Morgan fingerprint density at radius 2 is 2.12 bits per heavy atom. The lowest BCUT2D eigenvalue weighted by Crippen LogP contribution is -2.35. The number of rotatable bonds is 4. The molecule has 1 rings (SSSR count). The number of amides is 1. The van der Waals surface area contributed by atoms with Crippen molar-refractivity contribution in [2.24, 2.45) is 5.41 Å². The standard InChI is InChI=1S/C13H17BrClNO/c1-9-5-4-6-10(11(9)15)12(17)16-8-13(2,3)7-14/h4-6H,7-8H2,1-3H3,(H,16,17). The van der Waals surface area contributed by atoms with E-state index in [1.54, 1.807) is 6.07 Å². The van der Waals surface area contributed by atoms with Crippen LogP contribution in [-0.2, 0) is 0 Å². The molecule has 0 heterocycles. The zero-order chi connectivity index (χ0) is 13.1. The summed E-state index contributed by atoms with van der Waals surface area (Å²) in [5, 5.41) is 4.27. The first-order chi connectivity index (χ1) is 7.87. The maximum absolute atomic E-state index is 12.0. The average molecular weight is 319 g/mol. The first kappa shape index (κ1) is 14.5. The van der Waals surface area contributed by atoms with Crippen LogP contribution in [0.5, 0.6) is 0 Å². The van der Waals surface area contributed by atoms with Crippen LogP contribution >= 0.6 is 27.5 Å². The number of hydrogen-bond acceptors (Lipinski definition) is 1. The lowest BCUT2D eigenvalue weighted by atomic mass is 9.96. The molecule has 0 saturated carbocycles. The summed E-state index contributed by atoms with van der Waals surface area (Å²) in [5.41, 5.74) is 1.49. The SMILES string of the molecule is Cc1cccc(C(=O)NCC(C)(C)CBr)c1Cl. The van der Waals surface area contributed by atoms with Gasteiger partial charge in [0.15, 0.2) is 0 Å². The molecule has 0 unspecified atom stereocenters. The van der Waals surface area contributed by atoms with Crippen LogP contribution in [0.4, 0.5) is 0 Å². The minimum atomic E-state index is -0.118. The topological polar surface area (TPSA) is 29.1 Å². The third-order valence-corrected chi connectivity index (χ3v) is 4.55. The summed E-state index contributed by atoms with van der Waals surface area (Å²) < 4.78 is 0. The van der Waals surface area contributed by atoms with Crippen LogP contribution in [0, 0.1) is 12.3 Å². The second-order valence-corrected chi connectivity index (χ2v) is 5.86. The molecule has 1 aromatic carbocycles. The van der Waals surface area contributed by atoms with E-state index in [9.17, 15) is 4.79 Å². The molecule has 2 nitrogen and oxygen atoms in total. The lowest BCUT2D eigenvalue weighted by molar-refractivity contribution is 0.0940. The molecule has 0 aliphatic rings. The summed E-state index contributed by atoms with van der Waals surface area (Å²) in [6.07, 6.45) is 0. The van der Waals surface area contributed by atoms with E-state index in [0.29, 0.717) is 17.1 Å². The number of carbonyl (C=O) groups is 1. The molecule has 1 aromatic rings. The van der Waals surface area contributed by atoms with Crippen molar-refractivity contribution in [2.45, 2.75) is 20.8 Å². The molecule has 0 fully saturated rings. The van der Waals surface area contributed by atoms with Gasteiger partial charge >= 0.3 is 0 Å². The molecule has 0 spiro atoms. The molecule has 17 heavy (non-hydrogen) atoms. The monoisotopic (exact) mass is 317 g/mol. The number of benzene rings is 1. The number of nitrogens with one attached hydrogen (secondary N) is 1. The van der Waals surface area contributed by atoms with Gasteiger partial charge in [0.25, 0.3) is 5.91 Å². The van der Waals surface area contributed by atoms with Crippen LogP contribution in [0.3, 0.4) is 0 Å². The third kappa shape index (κ3) is 4.00. The van der Waals surface area contributed by atoms with Crippen molar-refractivity contribution < 1.29 is 4.79 Å². The molecule has 0 atom stereocenters. The summed E-state index contributed by atoms with van der Waals surface area (Å²) >= 11 is 9.53. The Morgan fingerprint density at radius 1 is 1.47 bits per heavy atom. The van der Waals surface area contributed by atoms with Gasteiger partial charge in [0.2, 0.25) is 0 Å². The summed E-state index contributed by atoms with van der Waals surface area (Å²) in [5.74, 6) is -0.118. The molecule has 94 valence electrons. The Morgan fingerprint density at radius 3 is 2.71 bits per heavy atom. The molecule has 0 aliphatic carbocycles. The lowest BCUT2D eigenvalue weighted by Gasteiger charge is -2.22. The van der Waals surface area contributed by atoms with Gasteiger partial charge in [-0.25, -0.2) is 0 Å². The number of halogens is 2. The predicted octanol–water partition coefficient (Wildman–Crippen LogP) is 3.80. The van der Waals surface area contributed by atoms with Crippen molar-refractivity contribution >= 4 is 33.4 Å². The summed E-state index contributed by atoms with van der Waals surface area (Å²) in [4.78, 5) is 12.0. The van der Waals surface area contributed by atoms with Crippen LogP contribution in [0.2, 0.25) is 5.02 Å². The molecular weight excluding hydrogens is 302 g/mol. The van der Waals surface area contributed by atoms with Gasteiger partial charge in [0.05, 0.1) is 10.6 Å². The quantitative estimate of drug-likeness (QED) is 0.841. The Hall–Kier alpha value is -0.540. The van der Waals surface area contributed by atoms with Gasteiger partial charge in [-0.15, -0.1) is 0 Å². The minimum absolute atomic E-state index is 0.0337. The van der Waals surface area contributed by atoms with E-state index in [2.05, 4.69) is 35.1 Å². The summed E-state index contributed by atoms with van der Waals surface area (Å²) in [6, 6.07) is 5.47. The maximum Gasteiger partial charge on any atom is 0.252 e. The Balaban J connectivity index is 2.74. The fraction of sp³-hybridized carbons (Fsp3) is 0.462. The van der Waals surface area contributed by atoms with E-state index in [4.69, 9.17) is 11.6 Å². The van der Waals surface area contributed by atoms with Crippen LogP contribution in [0.1, 0.15) is 29.8 Å². The number of alkyl halides is 1. The van der Waals surface area contributed by atoms with Gasteiger partial charge in [0, 0.05) is 11.9 Å². The van der Waals surface area contributed by atoms with Crippen molar-refractivity contribution in [3.63, 3.8) is 0 Å². The first-order valence-corrected chi connectivity index (χ1v) is 6.96. The zero-order valence-corrected chi connectivity index (χ0v) is 12.7. The number of carbonyl (C=O) groups excluding carboxylic acids is 1. The minimum Gasteiger partial charge on any atom is -0.351 e. The molecule has 0 radical (unpaired) electrons. The predicted molar refractivity (Wildman–Crippen MR) is 76.1 cm³/mol. The van der Waals surface area contributed by atoms with E-state index in [1.165, 1.54) is 0 Å². The van der Waals surface area contributed by atoms with Crippen LogP contribution in [0.25, 0.3) is 0 Å². The van der Waals surface area contributed by atoms with Crippen molar-refractivity contribution in [3.05, 3.63) is 34.3 Å². The molecular formula is C13H17BrClNO. The fourth-order valence-corrected chi connectivity index (χ4v) is 1.69. The van der Waals surface area contributed by atoms with Crippen molar-refractivity contribution in [2.75, 3.05) is 11.9 Å². The van der Waals surface area contributed by atoms with Crippen molar-refractivity contribution in [1.82, 2.24) is 5.32 Å². The number of aryl methyl sites for hydroxylation is 1. The van der Waals surface area contributed by atoms with E-state index < -0.39 is 0 Å². The smallest absolute Gasteiger partial charge is 0.252 e. The normalized spacial score (nSPS) is 11.4. The summed E-state index contributed by atoms with van der Waals surface area (Å²) in [7, 11) is 0. The molecule has 0 bridgehead atoms. The van der Waals surface area contributed by atoms with Crippen molar-refractivity contribution in [1.29, 1.82) is 0 Å². The Labute approximate surface area is 116 Å². The second kappa shape index (κ2) is 5.87. The van der Waals surface area contributed by atoms with Gasteiger partial charge in [-0.1, -0.05) is 53.5 Å². The Bertz CT molecular complexity index is 418. The molecule has 0 saturated heterocycles. The van der Waals surface area contributed by atoms with Crippen LogP contribution in [0.15, 0.2) is 18.2 Å². The highest BCUT2D eigenvalue weighted by molar-refractivity contribution is 9.09. The first-order valence-electron chi connectivity index (χ1n) is 5.47. The highest BCUT2D eigenvalue weighted by Crippen LogP contribution is 2.21. The molecule has 1 amide bonds. The van der Waals surface area contributed by atoms with Gasteiger partial charge in [-0.3, -0.25) is 4.79 Å². The van der Waals surface area contributed by atoms with Gasteiger partial charge in [-0.2, -0.15) is 0 Å². The van der Waals surface area contributed by atoms with Gasteiger partial charge in [0.1, 0.15) is 0 Å². The average Bonchev–Trinajstić information content (AvgIpc) is 2.30. The van der Waals surface area contributed by atoms with E-state index in [-0.39, 0.29) is 11.3 Å². The van der Waals surface area contributed by atoms with Gasteiger partial charge in [-0.05, 0) is 24.0 Å². The maximum atomic E-state index is 12.0. The van der Waals surface area contributed by atoms with E-state index in [1.807, 2.05) is 19.1 Å². The summed E-state index contributed by atoms with van der Waals surface area (Å²) in [6.45, 7) is 6.67. The number of hydrogen-bond donors (Lipinski definition) is 1. The Kier molecular flexibility index (Phi) is 5.02. The molecule has 4 heteroatoms. The van der Waals surface area contributed by atoms with Crippen molar-refractivity contribution in [3.8, 4) is 0 Å². The highest BCUT2D eigenvalue weighted by Gasteiger charge is 2.18. The molecule has 0 aliphatic heterocycles. The zero-order valence-electron chi connectivity index (χ0n) is 10.3. The molecule has 1 N–H and O–H groups in total. The van der Waals surface area contributed by atoms with Crippen LogP contribution < -0.4 is 5.32 Å². The van der Waals surface area contributed by atoms with E-state index in [0.717, 1.165) is 10.9 Å². The van der Waals surface area contributed by atoms with Crippen LogP contribution in [-0.4, -0.2) is 17.8 Å². The largest absolute Gasteiger partial charge is 0.351 e. The van der Waals surface area contributed by atoms with E-state index >= 15 is 0 Å². The highest BCUT2D eigenvalue weighted by atomic mass is 79.9.